The van der Waals surface area contributed by atoms with Crippen molar-refractivity contribution in [3.8, 4) is 0 Å². The fourth-order valence-electron chi connectivity index (χ4n) is 1.29. The molecule has 1 aromatic rings. The van der Waals surface area contributed by atoms with Gasteiger partial charge in [0.05, 0.1) is 6.61 Å². The lowest BCUT2D eigenvalue weighted by Crippen LogP contribution is -2.12. The number of rotatable bonds is 9. The molecule has 0 aromatic carbocycles. The normalized spacial score (nSPS) is 11.1. The van der Waals surface area contributed by atoms with Crippen molar-refractivity contribution in [1.82, 2.24) is 20.2 Å². The number of aryl methyl sites for hydroxylation is 1. The molecular weight excluding hydrogens is 250 g/mol. The van der Waals surface area contributed by atoms with Crippen LogP contribution in [-0.2, 0) is 22.5 Å². The predicted octanol–water partition coefficient (Wildman–Crippen LogP) is 0.362. The average Bonchev–Trinajstić information content (AvgIpc) is 2.71. The summed E-state index contributed by atoms with van der Waals surface area (Å²) in [6.45, 7) is -0.131. The van der Waals surface area contributed by atoms with Crippen LogP contribution in [0.3, 0.4) is 0 Å². The minimum absolute atomic E-state index is 0.0290. The van der Waals surface area contributed by atoms with Crippen molar-refractivity contribution in [2.24, 2.45) is 0 Å². The second-order valence-corrected chi connectivity index (χ2v) is 3.53. The molecule has 0 saturated carbocycles. The van der Waals surface area contributed by atoms with E-state index in [2.05, 4.69) is 15.5 Å². The first kappa shape index (κ1) is 14.4. The van der Waals surface area contributed by atoms with Gasteiger partial charge in [-0.15, -0.1) is 5.10 Å². The maximum Gasteiger partial charge on any atom is 0.303 e. The Balaban J connectivity index is 2.28. The van der Waals surface area contributed by atoms with Crippen LogP contribution in [0.4, 0.5) is 8.78 Å². The Hall–Kier alpha value is -1.64. The average molecular weight is 264 g/mol. The van der Waals surface area contributed by atoms with Crippen LogP contribution in [-0.4, -0.2) is 50.9 Å². The van der Waals surface area contributed by atoms with Gasteiger partial charge in [-0.3, -0.25) is 4.79 Å². The maximum absolute atomic E-state index is 11.8. The van der Waals surface area contributed by atoms with Crippen LogP contribution in [0, 0.1) is 0 Å². The molecule has 1 N–H and O–H groups in total. The fraction of sp³-hybridized carbons (Fsp3) is 0.778. The molecule has 7 nitrogen and oxygen atoms in total. The van der Waals surface area contributed by atoms with Gasteiger partial charge >= 0.3 is 5.97 Å². The zero-order valence-electron chi connectivity index (χ0n) is 9.63. The fourth-order valence-corrected chi connectivity index (χ4v) is 1.29. The minimum atomic E-state index is -2.49. The van der Waals surface area contributed by atoms with E-state index < -0.39 is 19.0 Å². The predicted molar refractivity (Wildman–Crippen MR) is 55.2 cm³/mol. The number of carboxylic acids is 1. The van der Waals surface area contributed by atoms with E-state index in [-0.39, 0.29) is 13.0 Å². The second kappa shape index (κ2) is 7.64. The Kier molecular flexibility index (Phi) is 6.12. The molecule has 1 aromatic heterocycles. The van der Waals surface area contributed by atoms with E-state index in [4.69, 9.17) is 9.84 Å². The van der Waals surface area contributed by atoms with Gasteiger partial charge in [0.1, 0.15) is 6.61 Å². The smallest absolute Gasteiger partial charge is 0.303 e. The zero-order valence-corrected chi connectivity index (χ0v) is 9.63. The minimum Gasteiger partial charge on any atom is -0.481 e. The van der Waals surface area contributed by atoms with Crippen molar-refractivity contribution >= 4 is 5.97 Å². The Morgan fingerprint density at radius 1 is 1.50 bits per heavy atom. The quantitative estimate of drug-likeness (QED) is 0.648. The Bertz CT molecular complexity index is 372. The summed E-state index contributed by atoms with van der Waals surface area (Å²) in [5, 5.41) is 19.3. The first-order valence-electron chi connectivity index (χ1n) is 5.42. The number of hydrogen-bond acceptors (Lipinski definition) is 5. The topological polar surface area (TPSA) is 90.1 Å². The van der Waals surface area contributed by atoms with Gasteiger partial charge in [0.25, 0.3) is 6.43 Å². The number of aromatic nitrogens is 4. The molecular formula is C9H14F2N4O3. The van der Waals surface area contributed by atoms with Gasteiger partial charge in [0.2, 0.25) is 0 Å². The summed E-state index contributed by atoms with van der Waals surface area (Å²) in [6.07, 6.45) is -1.74. The van der Waals surface area contributed by atoms with E-state index in [1.807, 2.05) is 0 Å². The molecule has 18 heavy (non-hydrogen) atoms. The summed E-state index contributed by atoms with van der Waals surface area (Å²) >= 11 is 0. The number of alkyl halides is 2. The molecule has 0 amide bonds. The van der Waals surface area contributed by atoms with E-state index in [9.17, 15) is 13.6 Å². The third-order valence-corrected chi connectivity index (χ3v) is 2.08. The van der Waals surface area contributed by atoms with E-state index in [1.54, 1.807) is 0 Å². The monoisotopic (exact) mass is 264 g/mol. The van der Waals surface area contributed by atoms with Gasteiger partial charge in [0.15, 0.2) is 5.82 Å². The highest BCUT2D eigenvalue weighted by Crippen LogP contribution is 2.00. The molecule has 0 aliphatic carbocycles. The van der Waals surface area contributed by atoms with Gasteiger partial charge in [-0.1, -0.05) is 0 Å². The highest BCUT2D eigenvalue weighted by Gasteiger charge is 2.08. The van der Waals surface area contributed by atoms with Crippen molar-refractivity contribution < 1.29 is 23.4 Å². The molecule has 0 aliphatic rings. The third-order valence-electron chi connectivity index (χ3n) is 2.08. The zero-order chi connectivity index (χ0) is 13.4. The summed E-state index contributed by atoms with van der Waals surface area (Å²) in [5.74, 6) is -0.389. The standard InChI is InChI=1S/C9H14F2N4O3/c10-7(11)6-18-5-3-8-12-13-14-15(8)4-1-2-9(16)17/h7H,1-6H2,(H,16,17). The lowest BCUT2D eigenvalue weighted by Gasteiger charge is -2.04. The van der Waals surface area contributed by atoms with E-state index >= 15 is 0 Å². The summed E-state index contributed by atoms with van der Waals surface area (Å²) in [4.78, 5) is 10.3. The van der Waals surface area contributed by atoms with Gasteiger partial charge in [-0.05, 0) is 16.8 Å². The molecule has 1 rings (SSSR count). The first-order valence-corrected chi connectivity index (χ1v) is 5.42. The van der Waals surface area contributed by atoms with Gasteiger partial charge in [0, 0.05) is 19.4 Å². The highest BCUT2D eigenvalue weighted by molar-refractivity contribution is 5.66. The van der Waals surface area contributed by atoms with Crippen molar-refractivity contribution in [3.63, 3.8) is 0 Å². The summed E-state index contributed by atoms with van der Waals surface area (Å²) in [6, 6.07) is 0. The Labute approximate surface area is 102 Å². The van der Waals surface area contributed by atoms with Crippen molar-refractivity contribution in [2.75, 3.05) is 13.2 Å². The third kappa shape index (κ3) is 5.62. The number of ether oxygens (including phenoxy) is 1. The van der Waals surface area contributed by atoms with Gasteiger partial charge in [-0.2, -0.15) is 0 Å². The Morgan fingerprint density at radius 2 is 2.28 bits per heavy atom. The van der Waals surface area contributed by atoms with E-state index in [1.165, 1.54) is 4.68 Å². The van der Waals surface area contributed by atoms with Crippen LogP contribution in [0.25, 0.3) is 0 Å². The molecule has 0 saturated heterocycles. The molecule has 0 spiro atoms. The van der Waals surface area contributed by atoms with E-state index in [0.29, 0.717) is 25.2 Å². The van der Waals surface area contributed by atoms with Crippen LogP contribution in [0.2, 0.25) is 0 Å². The number of tetrazole rings is 1. The first-order chi connectivity index (χ1) is 8.59. The number of carbonyl (C=O) groups is 1. The molecule has 0 atom stereocenters. The summed E-state index contributed by atoms with van der Waals surface area (Å²) in [7, 11) is 0. The second-order valence-electron chi connectivity index (χ2n) is 3.53. The lowest BCUT2D eigenvalue weighted by atomic mass is 10.3. The number of nitrogens with zero attached hydrogens (tertiary/aromatic N) is 4. The molecule has 9 heteroatoms. The SMILES string of the molecule is O=C(O)CCCn1nnnc1CCOCC(F)F. The maximum atomic E-state index is 11.8. The lowest BCUT2D eigenvalue weighted by molar-refractivity contribution is -0.137. The van der Waals surface area contributed by atoms with Crippen molar-refractivity contribution in [3.05, 3.63) is 5.82 Å². The number of halogens is 2. The van der Waals surface area contributed by atoms with Crippen LogP contribution >= 0.6 is 0 Å². The molecule has 1 heterocycles. The molecule has 0 radical (unpaired) electrons. The molecule has 0 fully saturated rings. The summed E-state index contributed by atoms with van der Waals surface area (Å²) in [5.41, 5.74) is 0. The number of carboxylic acid groups (broad SMARTS) is 1. The molecule has 0 bridgehead atoms. The molecule has 0 unspecified atom stereocenters. The molecule has 0 aliphatic heterocycles. The van der Waals surface area contributed by atoms with Crippen LogP contribution in [0.5, 0.6) is 0 Å². The van der Waals surface area contributed by atoms with Crippen LogP contribution < -0.4 is 0 Å². The highest BCUT2D eigenvalue weighted by atomic mass is 19.3. The van der Waals surface area contributed by atoms with Crippen molar-refractivity contribution in [1.29, 1.82) is 0 Å². The van der Waals surface area contributed by atoms with Crippen LogP contribution in [0.1, 0.15) is 18.7 Å². The van der Waals surface area contributed by atoms with Crippen molar-refractivity contribution in [2.45, 2.75) is 32.2 Å². The number of aliphatic carboxylic acids is 1. The summed E-state index contributed by atoms with van der Waals surface area (Å²) < 4.78 is 29.8. The van der Waals surface area contributed by atoms with Gasteiger partial charge in [-0.25, -0.2) is 13.5 Å². The Morgan fingerprint density at radius 3 is 2.94 bits per heavy atom. The van der Waals surface area contributed by atoms with Crippen LogP contribution in [0.15, 0.2) is 0 Å². The van der Waals surface area contributed by atoms with E-state index in [0.717, 1.165) is 0 Å². The largest absolute Gasteiger partial charge is 0.481 e. The number of hydrogen-bond donors (Lipinski definition) is 1. The van der Waals surface area contributed by atoms with Gasteiger partial charge < -0.3 is 9.84 Å². The molecule has 102 valence electrons.